The topological polar surface area (TPSA) is 92.6 Å². The summed E-state index contributed by atoms with van der Waals surface area (Å²) in [4.78, 5) is 28.3. The fourth-order valence-electron chi connectivity index (χ4n) is 4.90. The first kappa shape index (κ1) is 27.4. The molecule has 4 aromatic carbocycles. The van der Waals surface area contributed by atoms with Gasteiger partial charge in [-0.1, -0.05) is 114 Å². The van der Waals surface area contributed by atoms with Crippen LogP contribution in [0.5, 0.6) is 5.75 Å². The standard InChI is InChI=1S/C33H25N3O4S2/c1-40-25-17-15-23(16-18-25)29-28(27(37)19-14-21-8-3-2-4-9-21)30(38)31(39)36(29)32-34-35-33(42-32)41-20-24-12-7-11-22-10-5-6-13-26(22)24/h2-19,29,38H,20H2,1H3/b19-14+. The number of fused-ring (bicyclic) bond motifs is 1. The van der Waals surface area contributed by atoms with Crippen LogP contribution < -0.4 is 9.64 Å². The normalized spacial score (nSPS) is 15.2. The van der Waals surface area contributed by atoms with Crippen LogP contribution in [0.25, 0.3) is 16.8 Å². The molecule has 1 unspecified atom stereocenters. The number of amides is 1. The Morgan fingerprint density at radius 3 is 2.50 bits per heavy atom. The number of benzene rings is 4. The number of carbonyl (C=O) groups is 2. The number of aliphatic hydroxyl groups is 1. The lowest BCUT2D eigenvalue weighted by Crippen LogP contribution is -2.30. The third-order valence-corrected chi connectivity index (χ3v) is 9.07. The van der Waals surface area contributed by atoms with Crippen molar-refractivity contribution in [3.05, 3.63) is 131 Å². The highest BCUT2D eigenvalue weighted by atomic mass is 32.2. The third kappa shape index (κ3) is 5.44. The lowest BCUT2D eigenvalue weighted by Gasteiger charge is -2.23. The Balaban J connectivity index is 1.31. The number of nitrogens with zero attached hydrogens (tertiary/aromatic N) is 3. The molecule has 1 amide bonds. The van der Waals surface area contributed by atoms with Crippen molar-refractivity contribution in [1.29, 1.82) is 0 Å². The van der Waals surface area contributed by atoms with Crippen LogP contribution in [-0.2, 0) is 15.3 Å². The first-order valence-electron chi connectivity index (χ1n) is 13.1. The van der Waals surface area contributed by atoms with Gasteiger partial charge in [0.25, 0.3) is 5.91 Å². The summed E-state index contributed by atoms with van der Waals surface area (Å²) in [6.07, 6.45) is 3.04. The molecule has 0 fully saturated rings. The van der Waals surface area contributed by atoms with Gasteiger partial charge in [0.2, 0.25) is 5.13 Å². The molecule has 1 atom stereocenters. The van der Waals surface area contributed by atoms with Gasteiger partial charge in [-0.2, -0.15) is 0 Å². The molecule has 1 N–H and O–H groups in total. The highest BCUT2D eigenvalue weighted by molar-refractivity contribution is 8.00. The van der Waals surface area contributed by atoms with Gasteiger partial charge in [-0.15, -0.1) is 10.2 Å². The van der Waals surface area contributed by atoms with E-state index in [4.69, 9.17) is 4.74 Å². The van der Waals surface area contributed by atoms with Gasteiger partial charge in [0.05, 0.1) is 18.7 Å². The smallest absolute Gasteiger partial charge is 0.296 e. The first-order valence-corrected chi connectivity index (χ1v) is 14.9. The molecule has 208 valence electrons. The maximum atomic E-state index is 13.5. The van der Waals surface area contributed by atoms with Crippen molar-refractivity contribution < 1.29 is 19.4 Å². The van der Waals surface area contributed by atoms with E-state index < -0.39 is 23.5 Å². The Labute approximate surface area is 250 Å². The molecule has 1 aromatic heterocycles. The molecule has 2 heterocycles. The molecular weight excluding hydrogens is 567 g/mol. The predicted molar refractivity (Wildman–Crippen MR) is 167 cm³/mol. The number of aliphatic hydroxyl groups excluding tert-OH is 1. The summed E-state index contributed by atoms with van der Waals surface area (Å²) < 4.78 is 5.97. The van der Waals surface area contributed by atoms with Crippen LogP contribution in [0.2, 0.25) is 0 Å². The highest BCUT2D eigenvalue weighted by Crippen LogP contribution is 2.43. The van der Waals surface area contributed by atoms with E-state index in [0.29, 0.717) is 26.5 Å². The van der Waals surface area contributed by atoms with Crippen molar-refractivity contribution in [3.8, 4) is 5.75 Å². The van der Waals surface area contributed by atoms with E-state index in [1.807, 2.05) is 48.5 Å². The number of rotatable bonds is 9. The number of ether oxygens (including phenoxy) is 1. The molecule has 9 heteroatoms. The van der Waals surface area contributed by atoms with E-state index in [2.05, 4.69) is 34.5 Å². The highest BCUT2D eigenvalue weighted by Gasteiger charge is 2.45. The van der Waals surface area contributed by atoms with Gasteiger partial charge in [0.1, 0.15) is 5.75 Å². The second-order valence-electron chi connectivity index (χ2n) is 9.50. The summed E-state index contributed by atoms with van der Waals surface area (Å²) in [6, 6.07) is 29.9. The number of hydrogen-bond acceptors (Lipinski definition) is 8. The summed E-state index contributed by atoms with van der Waals surface area (Å²) in [5.41, 5.74) is 2.60. The van der Waals surface area contributed by atoms with Crippen LogP contribution in [0.3, 0.4) is 0 Å². The molecule has 5 aromatic rings. The minimum absolute atomic E-state index is 0.0162. The molecule has 1 aliphatic rings. The van der Waals surface area contributed by atoms with Crippen molar-refractivity contribution in [2.24, 2.45) is 0 Å². The van der Waals surface area contributed by atoms with Gasteiger partial charge in [-0.3, -0.25) is 14.5 Å². The van der Waals surface area contributed by atoms with Crippen molar-refractivity contribution in [1.82, 2.24) is 10.2 Å². The molecule has 42 heavy (non-hydrogen) atoms. The lowest BCUT2D eigenvalue weighted by atomic mass is 9.95. The summed E-state index contributed by atoms with van der Waals surface area (Å²) in [6.45, 7) is 0. The number of carbonyl (C=O) groups excluding carboxylic acids is 2. The zero-order valence-electron chi connectivity index (χ0n) is 22.5. The maximum absolute atomic E-state index is 13.5. The molecular formula is C33H25N3O4S2. The molecule has 0 spiro atoms. The zero-order chi connectivity index (χ0) is 29.1. The summed E-state index contributed by atoms with van der Waals surface area (Å²) in [5.74, 6) is -0.470. The second-order valence-corrected chi connectivity index (χ2v) is 11.7. The van der Waals surface area contributed by atoms with Crippen molar-refractivity contribution >= 4 is 56.8 Å². The second kappa shape index (κ2) is 12.0. The quantitative estimate of drug-likeness (QED) is 0.110. The first-order chi connectivity index (χ1) is 20.5. The van der Waals surface area contributed by atoms with Gasteiger partial charge in [0, 0.05) is 5.75 Å². The van der Waals surface area contributed by atoms with Crippen LogP contribution in [0.15, 0.2) is 119 Å². The number of thioether (sulfide) groups is 1. The van der Waals surface area contributed by atoms with Crippen LogP contribution in [-0.4, -0.2) is 34.1 Å². The largest absolute Gasteiger partial charge is 0.503 e. The fourth-order valence-corrected chi connectivity index (χ4v) is 6.77. The Morgan fingerprint density at radius 2 is 1.71 bits per heavy atom. The van der Waals surface area contributed by atoms with E-state index in [1.165, 1.54) is 50.4 Å². The Morgan fingerprint density at radius 1 is 0.976 bits per heavy atom. The van der Waals surface area contributed by atoms with Crippen LogP contribution in [0, 0.1) is 0 Å². The number of hydrogen-bond donors (Lipinski definition) is 1. The number of methoxy groups -OCH3 is 1. The average molecular weight is 592 g/mol. The Bertz CT molecular complexity index is 1830. The van der Waals surface area contributed by atoms with Gasteiger partial charge >= 0.3 is 0 Å². The molecule has 0 radical (unpaired) electrons. The maximum Gasteiger partial charge on any atom is 0.296 e. The molecule has 7 nitrogen and oxygen atoms in total. The SMILES string of the molecule is COc1ccc(C2C(C(=O)/C=C/c3ccccc3)=C(O)C(=O)N2c2nnc(SCc3cccc4ccccc34)s2)cc1. The molecule has 6 rings (SSSR count). The minimum Gasteiger partial charge on any atom is -0.503 e. The number of allylic oxidation sites excluding steroid dienone is 1. The summed E-state index contributed by atoms with van der Waals surface area (Å²) >= 11 is 2.77. The van der Waals surface area contributed by atoms with Gasteiger partial charge in [-0.25, -0.2) is 0 Å². The van der Waals surface area contributed by atoms with Crippen molar-refractivity contribution in [3.63, 3.8) is 0 Å². The zero-order valence-corrected chi connectivity index (χ0v) is 24.1. The van der Waals surface area contributed by atoms with Crippen LogP contribution in [0.1, 0.15) is 22.7 Å². The number of ketones is 1. The molecule has 1 aliphatic heterocycles. The van der Waals surface area contributed by atoms with E-state index in [-0.39, 0.29) is 5.57 Å². The van der Waals surface area contributed by atoms with Gasteiger partial charge in [-0.05, 0) is 45.7 Å². The van der Waals surface area contributed by atoms with E-state index in [9.17, 15) is 14.7 Å². The van der Waals surface area contributed by atoms with E-state index in [1.54, 1.807) is 37.5 Å². The van der Waals surface area contributed by atoms with E-state index >= 15 is 0 Å². The predicted octanol–water partition coefficient (Wildman–Crippen LogP) is 7.17. The summed E-state index contributed by atoms with van der Waals surface area (Å²) in [5, 5.41) is 22.3. The van der Waals surface area contributed by atoms with Gasteiger partial charge in [0.15, 0.2) is 15.9 Å². The van der Waals surface area contributed by atoms with Crippen LogP contribution >= 0.6 is 23.1 Å². The number of aromatic nitrogens is 2. The van der Waals surface area contributed by atoms with E-state index in [0.717, 1.165) is 5.56 Å². The molecule has 0 saturated carbocycles. The summed E-state index contributed by atoms with van der Waals surface area (Å²) in [7, 11) is 1.56. The minimum atomic E-state index is -0.889. The lowest BCUT2D eigenvalue weighted by molar-refractivity contribution is -0.117. The third-order valence-electron chi connectivity index (χ3n) is 6.96. The Kier molecular flexibility index (Phi) is 7.85. The van der Waals surface area contributed by atoms with Crippen molar-refractivity contribution in [2.45, 2.75) is 16.1 Å². The molecule has 0 saturated heterocycles. The number of anilines is 1. The molecule has 0 aliphatic carbocycles. The van der Waals surface area contributed by atoms with Gasteiger partial charge < -0.3 is 9.84 Å². The average Bonchev–Trinajstić information content (AvgIpc) is 3.61. The fraction of sp³-hybridized carbons (Fsp3) is 0.0909. The van der Waals surface area contributed by atoms with Crippen molar-refractivity contribution in [2.75, 3.05) is 12.0 Å². The molecule has 0 bridgehead atoms. The Hall–Kier alpha value is -4.73. The monoisotopic (exact) mass is 591 g/mol. The van der Waals surface area contributed by atoms with Crippen LogP contribution in [0.4, 0.5) is 5.13 Å².